The van der Waals surface area contributed by atoms with Gasteiger partial charge in [0.05, 0.1) is 5.75 Å². The van der Waals surface area contributed by atoms with Crippen LogP contribution in [0.15, 0.2) is 48.5 Å². The molecule has 9 nitrogen and oxygen atoms in total. The summed E-state index contributed by atoms with van der Waals surface area (Å²) in [6.45, 7) is -0.00484. The summed E-state index contributed by atoms with van der Waals surface area (Å²) in [6, 6.07) is 12.9. The SMILES string of the molecule is C#CCC(NC(=O)C(CCS(C)(=O)=O)NC(=O)OCC1c2ccccc2-c2ccccc21)C(=O)O. The Morgan fingerprint density at radius 1 is 1.03 bits per heavy atom. The highest BCUT2D eigenvalue weighted by molar-refractivity contribution is 7.90. The Kier molecular flexibility index (Phi) is 8.14. The fourth-order valence-electron chi connectivity index (χ4n) is 3.97. The summed E-state index contributed by atoms with van der Waals surface area (Å²) in [5, 5.41) is 13.8. The van der Waals surface area contributed by atoms with Crippen molar-refractivity contribution >= 4 is 27.8 Å². The van der Waals surface area contributed by atoms with Gasteiger partial charge >= 0.3 is 12.1 Å². The lowest BCUT2D eigenvalue weighted by atomic mass is 9.98. The Morgan fingerprint density at radius 3 is 2.11 bits per heavy atom. The van der Waals surface area contributed by atoms with Crippen molar-refractivity contribution in [1.82, 2.24) is 10.6 Å². The maximum atomic E-state index is 12.7. The Balaban J connectivity index is 1.70. The topological polar surface area (TPSA) is 139 Å². The van der Waals surface area contributed by atoms with Gasteiger partial charge in [-0.2, -0.15) is 0 Å². The van der Waals surface area contributed by atoms with Gasteiger partial charge in [0.2, 0.25) is 5.91 Å². The van der Waals surface area contributed by atoms with E-state index < -0.39 is 45.6 Å². The largest absolute Gasteiger partial charge is 0.480 e. The highest BCUT2D eigenvalue weighted by atomic mass is 32.2. The summed E-state index contributed by atoms with van der Waals surface area (Å²) >= 11 is 0. The number of hydrogen-bond acceptors (Lipinski definition) is 6. The number of carbonyl (C=O) groups excluding carboxylic acids is 2. The fraction of sp³-hybridized carbons (Fsp3) is 0.320. The van der Waals surface area contributed by atoms with E-state index in [2.05, 4.69) is 16.6 Å². The van der Waals surface area contributed by atoms with Gasteiger partial charge in [-0.15, -0.1) is 12.3 Å². The van der Waals surface area contributed by atoms with Crippen molar-refractivity contribution in [2.45, 2.75) is 30.8 Å². The minimum Gasteiger partial charge on any atom is -0.480 e. The highest BCUT2D eigenvalue weighted by Crippen LogP contribution is 2.44. The summed E-state index contributed by atoms with van der Waals surface area (Å²) in [5.74, 6) is -0.670. The van der Waals surface area contributed by atoms with E-state index >= 15 is 0 Å². The number of rotatable bonds is 10. The second-order valence-corrected chi connectivity index (χ2v) is 10.5. The number of aliphatic carboxylic acids is 1. The van der Waals surface area contributed by atoms with Gasteiger partial charge < -0.3 is 20.5 Å². The molecule has 2 aromatic carbocycles. The van der Waals surface area contributed by atoms with E-state index in [4.69, 9.17) is 11.2 Å². The Hall–Kier alpha value is -3.84. The normalized spacial score (nSPS) is 14.1. The number of terminal acetylenes is 1. The first-order valence-electron chi connectivity index (χ1n) is 10.9. The van der Waals surface area contributed by atoms with Crippen molar-refractivity contribution in [3.63, 3.8) is 0 Å². The molecule has 1 aliphatic carbocycles. The van der Waals surface area contributed by atoms with Gasteiger partial charge in [-0.3, -0.25) is 4.79 Å². The lowest BCUT2D eigenvalue weighted by molar-refractivity contribution is -0.141. The molecule has 2 atom stereocenters. The minimum absolute atomic E-state index is 0.00484. The second-order valence-electron chi connectivity index (χ2n) is 8.25. The first-order chi connectivity index (χ1) is 16.6. The van der Waals surface area contributed by atoms with Crippen LogP contribution in [0.4, 0.5) is 4.79 Å². The number of alkyl carbamates (subject to hydrolysis) is 1. The van der Waals surface area contributed by atoms with Crippen LogP contribution in [0.2, 0.25) is 0 Å². The van der Waals surface area contributed by atoms with Crippen LogP contribution in [0.25, 0.3) is 11.1 Å². The molecule has 3 N–H and O–H groups in total. The molecule has 2 unspecified atom stereocenters. The Bertz CT molecular complexity index is 1220. The monoisotopic (exact) mass is 498 g/mol. The van der Waals surface area contributed by atoms with Crippen LogP contribution >= 0.6 is 0 Å². The van der Waals surface area contributed by atoms with Gasteiger partial charge in [-0.05, 0) is 28.7 Å². The van der Waals surface area contributed by atoms with Crippen molar-refractivity contribution in [3.05, 3.63) is 59.7 Å². The number of amides is 2. The molecule has 0 saturated heterocycles. The van der Waals surface area contributed by atoms with Gasteiger partial charge in [0, 0.05) is 18.6 Å². The van der Waals surface area contributed by atoms with Gasteiger partial charge in [0.25, 0.3) is 0 Å². The lowest BCUT2D eigenvalue weighted by Crippen LogP contribution is -2.52. The summed E-state index contributed by atoms with van der Waals surface area (Å²) in [4.78, 5) is 36.6. The van der Waals surface area contributed by atoms with E-state index in [0.717, 1.165) is 28.5 Å². The predicted octanol–water partition coefficient (Wildman–Crippen LogP) is 1.92. The van der Waals surface area contributed by atoms with Gasteiger partial charge in [-0.25, -0.2) is 18.0 Å². The summed E-state index contributed by atoms with van der Waals surface area (Å²) in [7, 11) is -3.46. The van der Waals surface area contributed by atoms with Crippen LogP contribution < -0.4 is 10.6 Å². The molecule has 2 amide bonds. The number of fused-ring (bicyclic) bond motifs is 3. The number of carboxylic acid groups (broad SMARTS) is 1. The van der Waals surface area contributed by atoms with Crippen molar-refractivity contribution < 1.29 is 32.6 Å². The van der Waals surface area contributed by atoms with Gasteiger partial charge in [0.1, 0.15) is 28.5 Å². The summed E-state index contributed by atoms with van der Waals surface area (Å²) < 4.78 is 28.7. The molecule has 0 bridgehead atoms. The molecule has 0 aliphatic heterocycles. The number of benzene rings is 2. The molecule has 3 rings (SSSR count). The molecular weight excluding hydrogens is 472 g/mol. The van der Waals surface area contributed by atoms with Crippen LogP contribution in [0.5, 0.6) is 0 Å². The van der Waals surface area contributed by atoms with Crippen LogP contribution in [-0.4, -0.2) is 62.2 Å². The fourth-order valence-corrected chi connectivity index (χ4v) is 4.64. The molecule has 35 heavy (non-hydrogen) atoms. The van der Waals surface area contributed by atoms with Crippen molar-refractivity contribution in [2.75, 3.05) is 18.6 Å². The molecule has 0 heterocycles. The highest BCUT2D eigenvalue weighted by Gasteiger charge is 2.31. The van der Waals surface area contributed by atoms with E-state index in [1.54, 1.807) is 0 Å². The third-order valence-electron chi connectivity index (χ3n) is 5.67. The molecule has 0 saturated carbocycles. The number of carbonyl (C=O) groups is 3. The quantitative estimate of drug-likeness (QED) is 0.425. The van der Waals surface area contributed by atoms with E-state index in [1.165, 1.54) is 0 Å². The second kappa shape index (κ2) is 11.1. The number of ether oxygens (including phenoxy) is 1. The molecule has 2 aromatic rings. The van der Waals surface area contributed by atoms with Crippen LogP contribution in [-0.2, 0) is 24.2 Å². The minimum atomic E-state index is -3.46. The molecule has 0 aromatic heterocycles. The number of carboxylic acids is 1. The van der Waals surface area contributed by atoms with E-state index in [0.29, 0.717) is 0 Å². The average Bonchev–Trinajstić information content (AvgIpc) is 3.13. The zero-order valence-electron chi connectivity index (χ0n) is 19.1. The van der Waals surface area contributed by atoms with E-state index in [9.17, 15) is 27.9 Å². The van der Waals surface area contributed by atoms with Crippen LogP contribution in [0.3, 0.4) is 0 Å². The lowest BCUT2D eigenvalue weighted by Gasteiger charge is -2.21. The Labute approximate surface area is 203 Å². The summed E-state index contributed by atoms with van der Waals surface area (Å²) in [5.41, 5.74) is 4.12. The molecule has 0 fully saturated rings. The van der Waals surface area contributed by atoms with E-state index in [-0.39, 0.29) is 25.4 Å². The molecule has 0 radical (unpaired) electrons. The zero-order chi connectivity index (χ0) is 25.6. The number of nitrogens with one attached hydrogen (secondary N) is 2. The Morgan fingerprint density at radius 2 is 1.60 bits per heavy atom. The predicted molar refractivity (Wildman–Crippen MR) is 129 cm³/mol. The van der Waals surface area contributed by atoms with Gasteiger partial charge in [-0.1, -0.05) is 48.5 Å². The first-order valence-corrected chi connectivity index (χ1v) is 12.9. The van der Waals surface area contributed by atoms with Crippen LogP contribution in [0.1, 0.15) is 29.9 Å². The van der Waals surface area contributed by atoms with Crippen molar-refractivity contribution in [3.8, 4) is 23.5 Å². The van der Waals surface area contributed by atoms with Crippen molar-refractivity contribution in [1.29, 1.82) is 0 Å². The smallest absolute Gasteiger partial charge is 0.407 e. The molecule has 184 valence electrons. The molecule has 10 heteroatoms. The zero-order valence-corrected chi connectivity index (χ0v) is 19.9. The molecular formula is C25H26N2O7S. The third kappa shape index (κ3) is 6.61. The van der Waals surface area contributed by atoms with Crippen molar-refractivity contribution in [2.24, 2.45) is 0 Å². The third-order valence-corrected chi connectivity index (χ3v) is 6.64. The first kappa shape index (κ1) is 25.8. The molecule has 1 aliphatic rings. The van der Waals surface area contributed by atoms with E-state index in [1.807, 2.05) is 48.5 Å². The number of hydrogen-bond donors (Lipinski definition) is 3. The molecule has 0 spiro atoms. The maximum Gasteiger partial charge on any atom is 0.407 e. The maximum absolute atomic E-state index is 12.7. The number of sulfone groups is 1. The standard InChI is InChI=1S/C25H26N2O7S/c1-3-8-22(24(29)30)26-23(28)21(13-14-35(2,32)33)27-25(31)34-15-20-18-11-6-4-9-16(18)17-10-5-7-12-19(17)20/h1,4-7,9-12,20-22H,8,13-15H2,2H3,(H,26,28)(H,27,31)(H,29,30). The average molecular weight is 499 g/mol. The van der Waals surface area contributed by atoms with Gasteiger partial charge in [0.15, 0.2) is 0 Å². The summed E-state index contributed by atoms with van der Waals surface area (Å²) in [6.07, 6.45) is 4.68. The van der Waals surface area contributed by atoms with Crippen LogP contribution in [0, 0.1) is 12.3 Å².